The molecule has 17 heavy (non-hydrogen) atoms. The Morgan fingerprint density at radius 1 is 1.29 bits per heavy atom. The third-order valence-electron chi connectivity index (χ3n) is 2.43. The fourth-order valence-electron chi connectivity index (χ4n) is 1.51. The highest BCUT2D eigenvalue weighted by molar-refractivity contribution is 7.90. The number of benzene rings is 1. The zero-order valence-corrected chi connectivity index (χ0v) is 10.3. The van der Waals surface area contributed by atoms with Gasteiger partial charge in [0.05, 0.1) is 4.90 Å². The van der Waals surface area contributed by atoms with Gasteiger partial charge in [0.2, 0.25) is 0 Å². The number of nitrogen functional groups attached to an aromatic ring is 1. The van der Waals surface area contributed by atoms with Crippen LogP contribution in [-0.4, -0.2) is 19.8 Å². The Balaban J connectivity index is 2.62. The summed E-state index contributed by atoms with van der Waals surface area (Å²) in [5.74, 6) is 0.731. The third kappa shape index (κ3) is 2.31. The molecule has 0 aliphatic carbocycles. The van der Waals surface area contributed by atoms with E-state index in [0.717, 1.165) is 11.8 Å². The smallest absolute Gasteiger partial charge is 0.175 e. The van der Waals surface area contributed by atoms with Crippen molar-refractivity contribution in [2.24, 2.45) is 0 Å². The first-order chi connectivity index (χ1) is 7.88. The van der Waals surface area contributed by atoms with Crippen LogP contribution in [-0.2, 0) is 9.84 Å². The van der Waals surface area contributed by atoms with E-state index >= 15 is 0 Å². The summed E-state index contributed by atoms with van der Waals surface area (Å²) in [6.07, 6.45) is 1.16. The molecule has 5 nitrogen and oxygen atoms in total. The minimum atomic E-state index is -3.24. The first kappa shape index (κ1) is 11.7. The Labute approximate surface area is 99.1 Å². The molecule has 2 aromatic rings. The van der Waals surface area contributed by atoms with Gasteiger partial charge in [-0.25, -0.2) is 8.42 Å². The van der Waals surface area contributed by atoms with E-state index in [2.05, 4.69) is 5.16 Å². The van der Waals surface area contributed by atoms with Gasteiger partial charge in [-0.15, -0.1) is 0 Å². The molecule has 0 fully saturated rings. The van der Waals surface area contributed by atoms with Crippen LogP contribution in [0, 0.1) is 6.92 Å². The Morgan fingerprint density at radius 3 is 2.53 bits per heavy atom. The van der Waals surface area contributed by atoms with Crippen molar-refractivity contribution >= 4 is 15.7 Å². The standard InChI is InChI=1S/C11H12N2O3S/c1-7-3-4-8(17(2,14)15)5-9(7)10-6-11(12)13-16-10/h3-6H,1-2H3,(H2,12,13). The highest BCUT2D eigenvalue weighted by Gasteiger charge is 2.13. The van der Waals surface area contributed by atoms with Gasteiger partial charge in [-0.1, -0.05) is 11.2 Å². The normalized spacial score (nSPS) is 11.6. The SMILES string of the molecule is Cc1ccc(S(C)(=O)=O)cc1-c1cc(N)no1. The predicted molar refractivity (Wildman–Crippen MR) is 64.2 cm³/mol. The average molecular weight is 252 g/mol. The van der Waals surface area contributed by atoms with Crippen LogP contribution in [0.4, 0.5) is 5.82 Å². The molecule has 1 aromatic heterocycles. The zero-order chi connectivity index (χ0) is 12.6. The fourth-order valence-corrected chi connectivity index (χ4v) is 2.16. The molecule has 6 heteroatoms. The number of anilines is 1. The van der Waals surface area contributed by atoms with Crippen LogP contribution < -0.4 is 5.73 Å². The van der Waals surface area contributed by atoms with E-state index in [1.807, 2.05) is 6.92 Å². The Morgan fingerprint density at radius 2 is 2.00 bits per heavy atom. The maximum Gasteiger partial charge on any atom is 0.175 e. The maximum atomic E-state index is 11.5. The number of nitrogens with two attached hydrogens (primary N) is 1. The maximum absolute atomic E-state index is 11.5. The Kier molecular flexibility index (Phi) is 2.66. The molecule has 0 bridgehead atoms. The van der Waals surface area contributed by atoms with Crippen molar-refractivity contribution in [1.82, 2.24) is 5.16 Å². The summed E-state index contributed by atoms with van der Waals surface area (Å²) in [6, 6.07) is 6.41. The second kappa shape index (κ2) is 3.89. The van der Waals surface area contributed by atoms with Gasteiger partial charge in [-0.2, -0.15) is 0 Å². The molecular weight excluding hydrogens is 240 g/mol. The van der Waals surface area contributed by atoms with Crippen LogP contribution in [0.3, 0.4) is 0 Å². The van der Waals surface area contributed by atoms with Crippen molar-refractivity contribution in [2.45, 2.75) is 11.8 Å². The molecule has 1 aromatic carbocycles. The lowest BCUT2D eigenvalue weighted by Crippen LogP contribution is -1.97. The number of aryl methyl sites for hydroxylation is 1. The highest BCUT2D eigenvalue weighted by Crippen LogP contribution is 2.27. The lowest BCUT2D eigenvalue weighted by atomic mass is 10.1. The second-order valence-electron chi connectivity index (χ2n) is 3.86. The summed E-state index contributed by atoms with van der Waals surface area (Å²) in [4.78, 5) is 0.244. The van der Waals surface area contributed by atoms with E-state index in [0.29, 0.717) is 11.3 Å². The lowest BCUT2D eigenvalue weighted by Gasteiger charge is -2.04. The summed E-state index contributed by atoms with van der Waals surface area (Å²) in [7, 11) is -3.24. The van der Waals surface area contributed by atoms with Gasteiger partial charge in [0.15, 0.2) is 21.4 Å². The van der Waals surface area contributed by atoms with E-state index in [1.54, 1.807) is 24.3 Å². The summed E-state index contributed by atoms with van der Waals surface area (Å²) < 4.78 is 28.0. The van der Waals surface area contributed by atoms with Crippen molar-refractivity contribution in [3.63, 3.8) is 0 Å². The van der Waals surface area contributed by atoms with Gasteiger partial charge in [-0.3, -0.25) is 0 Å². The lowest BCUT2D eigenvalue weighted by molar-refractivity contribution is 0.435. The monoisotopic (exact) mass is 252 g/mol. The summed E-state index contributed by atoms with van der Waals surface area (Å²) in [6.45, 7) is 1.86. The molecule has 2 rings (SSSR count). The van der Waals surface area contributed by atoms with Crippen molar-refractivity contribution in [2.75, 3.05) is 12.0 Å². The first-order valence-corrected chi connectivity index (χ1v) is 6.80. The molecule has 0 spiro atoms. The number of nitrogens with zero attached hydrogens (tertiary/aromatic N) is 1. The van der Waals surface area contributed by atoms with Crippen LogP contribution in [0.1, 0.15) is 5.56 Å². The van der Waals surface area contributed by atoms with Gasteiger partial charge in [-0.05, 0) is 24.6 Å². The van der Waals surface area contributed by atoms with Gasteiger partial charge >= 0.3 is 0 Å². The molecule has 90 valence electrons. The van der Waals surface area contributed by atoms with Crippen LogP contribution >= 0.6 is 0 Å². The minimum Gasteiger partial charge on any atom is -0.381 e. The molecule has 0 amide bonds. The molecule has 0 saturated carbocycles. The molecule has 0 atom stereocenters. The summed E-state index contributed by atoms with van der Waals surface area (Å²) in [5, 5.41) is 3.58. The van der Waals surface area contributed by atoms with Crippen LogP contribution in [0.2, 0.25) is 0 Å². The predicted octanol–water partition coefficient (Wildman–Crippen LogP) is 1.64. The highest BCUT2D eigenvalue weighted by atomic mass is 32.2. The van der Waals surface area contributed by atoms with E-state index in [9.17, 15) is 8.42 Å². The Bertz CT molecular complexity index is 659. The summed E-state index contributed by atoms with van der Waals surface area (Å²) >= 11 is 0. The van der Waals surface area contributed by atoms with Gasteiger partial charge in [0.25, 0.3) is 0 Å². The van der Waals surface area contributed by atoms with E-state index in [4.69, 9.17) is 10.3 Å². The molecule has 0 saturated heterocycles. The molecule has 2 N–H and O–H groups in total. The molecule has 0 unspecified atom stereocenters. The largest absolute Gasteiger partial charge is 0.381 e. The van der Waals surface area contributed by atoms with E-state index in [1.165, 1.54) is 0 Å². The van der Waals surface area contributed by atoms with Crippen molar-refractivity contribution in [1.29, 1.82) is 0 Å². The first-order valence-electron chi connectivity index (χ1n) is 4.91. The molecule has 0 aliphatic heterocycles. The van der Waals surface area contributed by atoms with Crippen molar-refractivity contribution in [3.8, 4) is 11.3 Å². The third-order valence-corrected chi connectivity index (χ3v) is 3.54. The van der Waals surface area contributed by atoms with E-state index < -0.39 is 9.84 Å². The van der Waals surface area contributed by atoms with Crippen LogP contribution in [0.5, 0.6) is 0 Å². The average Bonchev–Trinajstić information content (AvgIpc) is 2.63. The Hall–Kier alpha value is -1.82. The second-order valence-corrected chi connectivity index (χ2v) is 5.88. The number of sulfone groups is 1. The molecule has 0 radical (unpaired) electrons. The van der Waals surface area contributed by atoms with Gasteiger partial charge < -0.3 is 10.3 Å². The number of hydrogen-bond acceptors (Lipinski definition) is 5. The fraction of sp³-hybridized carbons (Fsp3) is 0.182. The molecular formula is C11H12N2O3S. The topological polar surface area (TPSA) is 86.2 Å². The van der Waals surface area contributed by atoms with E-state index in [-0.39, 0.29) is 10.7 Å². The number of rotatable bonds is 2. The van der Waals surface area contributed by atoms with Gasteiger partial charge in [0, 0.05) is 17.9 Å². The number of aromatic nitrogens is 1. The molecule has 1 heterocycles. The minimum absolute atomic E-state index is 0.244. The van der Waals surface area contributed by atoms with Crippen LogP contribution in [0.25, 0.3) is 11.3 Å². The zero-order valence-electron chi connectivity index (χ0n) is 9.47. The van der Waals surface area contributed by atoms with Crippen molar-refractivity contribution in [3.05, 3.63) is 29.8 Å². The quantitative estimate of drug-likeness (QED) is 0.878. The van der Waals surface area contributed by atoms with Crippen LogP contribution in [0.15, 0.2) is 33.7 Å². The molecule has 0 aliphatic rings. The van der Waals surface area contributed by atoms with Gasteiger partial charge in [0.1, 0.15) is 0 Å². The number of hydrogen-bond donors (Lipinski definition) is 1. The summed E-state index contributed by atoms with van der Waals surface area (Å²) in [5.41, 5.74) is 7.04. The van der Waals surface area contributed by atoms with Crippen molar-refractivity contribution < 1.29 is 12.9 Å².